The minimum absolute atomic E-state index is 0.227. The van der Waals surface area contributed by atoms with Gasteiger partial charge in [-0.15, -0.1) is 0 Å². The SMILES string of the molecule is CC.CC.CCOC(=O)NCC1CCC2(CC1)NC(=O)NC2=O. The zero-order chi connectivity index (χ0) is 17.9. The van der Waals surface area contributed by atoms with Crippen molar-refractivity contribution in [2.45, 2.75) is 65.8 Å². The van der Waals surface area contributed by atoms with Crippen molar-refractivity contribution >= 4 is 18.0 Å². The van der Waals surface area contributed by atoms with Crippen LogP contribution >= 0.6 is 0 Å². The van der Waals surface area contributed by atoms with Crippen LogP contribution in [0.25, 0.3) is 0 Å². The molecule has 3 N–H and O–H groups in total. The molecule has 1 saturated heterocycles. The van der Waals surface area contributed by atoms with E-state index in [1.165, 1.54) is 0 Å². The van der Waals surface area contributed by atoms with Crippen molar-refractivity contribution in [3.8, 4) is 0 Å². The lowest BCUT2D eigenvalue weighted by atomic mass is 9.76. The Hall–Kier alpha value is -1.79. The topological polar surface area (TPSA) is 96.5 Å². The maximum atomic E-state index is 11.7. The van der Waals surface area contributed by atoms with Gasteiger partial charge in [-0.25, -0.2) is 9.59 Å². The second kappa shape index (κ2) is 10.9. The fourth-order valence-corrected chi connectivity index (χ4v) is 2.66. The van der Waals surface area contributed by atoms with Crippen LogP contribution in [0.15, 0.2) is 0 Å². The van der Waals surface area contributed by atoms with Gasteiger partial charge in [-0.3, -0.25) is 10.1 Å². The zero-order valence-electron chi connectivity index (χ0n) is 15.0. The van der Waals surface area contributed by atoms with Crippen LogP contribution in [0.1, 0.15) is 60.3 Å². The van der Waals surface area contributed by atoms with Gasteiger partial charge in [-0.2, -0.15) is 0 Å². The van der Waals surface area contributed by atoms with Crippen LogP contribution in [-0.4, -0.2) is 36.7 Å². The molecule has 2 aliphatic rings. The molecule has 1 saturated carbocycles. The summed E-state index contributed by atoms with van der Waals surface area (Å²) >= 11 is 0. The van der Waals surface area contributed by atoms with Gasteiger partial charge in [0.15, 0.2) is 0 Å². The van der Waals surface area contributed by atoms with Crippen LogP contribution in [0.3, 0.4) is 0 Å². The lowest BCUT2D eigenvalue weighted by molar-refractivity contribution is -0.125. The summed E-state index contributed by atoms with van der Waals surface area (Å²) in [4.78, 5) is 34.1. The second-order valence-corrected chi connectivity index (χ2v) is 5.04. The number of hydrogen-bond donors (Lipinski definition) is 3. The average molecular weight is 329 g/mol. The average Bonchev–Trinajstić information content (AvgIpc) is 2.84. The predicted octanol–water partition coefficient (Wildman–Crippen LogP) is 2.55. The highest BCUT2D eigenvalue weighted by atomic mass is 16.5. The monoisotopic (exact) mass is 329 g/mol. The predicted molar refractivity (Wildman–Crippen MR) is 89.1 cm³/mol. The summed E-state index contributed by atoms with van der Waals surface area (Å²) in [6.45, 7) is 10.7. The lowest BCUT2D eigenvalue weighted by Crippen LogP contribution is -2.50. The number of ether oxygens (including phenoxy) is 1. The van der Waals surface area contributed by atoms with Crippen LogP contribution in [0.2, 0.25) is 0 Å². The number of nitrogens with one attached hydrogen (secondary N) is 3. The number of carbonyl (C=O) groups is 3. The van der Waals surface area contributed by atoms with E-state index in [9.17, 15) is 14.4 Å². The highest BCUT2D eigenvalue weighted by Gasteiger charge is 2.47. The quantitative estimate of drug-likeness (QED) is 0.693. The van der Waals surface area contributed by atoms with E-state index in [0.717, 1.165) is 12.8 Å². The zero-order valence-corrected chi connectivity index (χ0v) is 15.0. The molecular formula is C16H31N3O4. The van der Waals surface area contributed by atoms with E-state index in [4.69, 9.17) is 4.74 Å². The standard InChI is InChI=1S/C12H19N3O4.2C2H6/c1-2-19-11(18)13-7-8-3-5-12(6-4-8)9(16)14-10(17)15-12;2*1-2/h8H,2-7H2,1H3,(H,13,18)(H2,14,15,16,17);2*1-2H3. The van der Waals surface area contributed by atoms with Crippen molar-refractivity contribution in [2.24, 2.45) is 5.92 Å². The highest BCUT2D eigenvalue weighted by molar-refractivity contribution is 6.07. The Balaban J connectivity index is 0.00000112. The fraction of sp³-hybridized carbons (Fsp3) is 0.812. The molecule has 1 spiro atoms. The number of carbonyl (C=O) groups excluding carboxylic acids is 3. The van der Waals surface area contributed by atoms with E-state index in [0.29, 0.717) is 31.9 Å². The van der Waals surface area contributed by atoms with Crippen LogP contribution in [0.5, 0.6) is 0 Å². The van der Waals surface area contributed by atoms with Crippen molar-refractivity contribution in [2.75, 3.05) is 13.2 Å². The molecule has 0 atom stereocenters. The molecule has 2 fully saturated rings. The third-order valence-electron chi connectivity index (χ3n) is 3.78. The Morgan fingerprint density at radius 1 is 1.22 bits per heavy atom. The summed E-state index contributed by atoms with van der Waals surface area (Å²) in [5.74, 6) is 0.0923. The van der Waals surface area contributed by atoms with Crippen molar-refractivity contribution < 1.29 is 19.1 Å². The van der Waals surface area contributed by atoms with Gasteiger partial charge in [0.25, 0.3) is 5.91 Å². The first-order chi connectivity index (χ1) is 11.1. The molecule has 0 bridgehead atoms. The molecule has 4 amide bonds. The Morgan fingerprint density at radius 2 is 1.78 bits per heavy atom. The van der Waals surface area contributed by atoms with Gasteiger partial charge in [0.1, 0.15) is 5.54 Å². The van der Waals surface area contributed by atoms with Crippen molar-refractivity contribution in [1.29, 1.82) is 0 Å². The number of amides is 4. The third-order valence-corrected chi connectivity index (χ3v) is 3.78. The molecule has 1 aliphatic heterocycles. The van der Waals surface area contributed by atoms with E-state index in [1.54, 1.807) is 6.92 Å². The number of imide groups is 1. The smallest absolute Gasteiger partial charge is 0.407 e. The molecule has 0 radical (unpaired) electrons. The molecule has 0 unspecified atom stereocenters. The molecule has 134 valence electrons. The molecule has 0 aromatic heterocycles. The molecule has 1 heterocycles. The molecular weight excluding hydrogens is 298 g/mol. The van der Waals surface area contributed by atoms with Gasteiger partial charge < -0.3 is 15.4 Å². The van der Waals surface area contributed by atoms with Crippen LogP contribution < -0.4 is 16.0 Å². The minimum Gasteiger partial charge on any atom is -0.450 e. The third kappa shape index (κ3) is 6.08. The van der Waals surface area contributed by atoms with E-state index >= 15 is 0 Å². The van der Waals surface area contributed by atoms with Gasteiger partial charge in [0.2, 0.25) is 0 Å². The van der Waals surface area contributed by atoms with Gasteiger partial charge in [0.05, 0.1) is 6.61 Å². The Bertz CT molecular complexity index is 391. The van der Waals surface area contributed by atoms with Crippen LogP contribution in [0.4, 0.5) is 9.59 Å². The lowest BCUT2D eigenvalue weighted by Gasteiger charge is -2.34. The summed E-state index contributed by atoms with van der Waals surface area (Å²) in [7, 11) is 0. The molecule has 0 aromatic rings. The first-order valence-corrected chi connectivity index (χ1v) is 8.60. The normalized spacial score (nSPS) is 25.2. The molecule has 2 rings (SSSR count). The first kappa shape index (κ1) is 21.2. The number of rotatable bonds is 3. The Labute approximate surface area is 138 Å². The van der Waals surface area contributed by atoms with Crippen molar-refractivity contribution in [3.63, 3.8) is 0 Å². The van der Waals surface area contributed by atoms with Crippen LogP contribution in [0, 0.1) is 5.92 Å². The summed E-state index contributed by atoms with van der Waals surface area (Å²) in [5.41, 5.74) is -0.725. The van der Waals surface area contributed by atoms with Gasteiger partial charge in [0, 0.05) is 6.54 Å². The first-order valence-electron chi connectivity index (χ1n) is 8.60. The maximum Gasteiger partial charge on any atom is 0.407 e. The minimum atomic E-state index is -0.725. The summed E-state index contributed by atoms with van der Waals surface area (Å²) < 4.78 is 4.79. The van der Waals surface area contributed by atoms with E-state index < -0.39 is 17.7 Å². The van der Waals surface area contributed by atoms with E-state index in [-0.39, 0.29) is 5.91 Å². The number of hydrogen-bond acceptors (Lipinski definition) is 4. The van der Waals surface area contributed by atoms with Gasteiger partial charge in [-0.1, -0.05) is 27.7 Å². The highest BCUT2D eigenvalue weighted by Crippen LogP contribution is 2.33. The maximum absolute atomic E-state index is 11.7. The van der Waals surface area contributed by atoms with E-state index in [2.05, 4.69) is 16.0 Å². The molecule has 7 heteroatoms. The van der Waals surface area contributed by atoms with Crippen molar-refractivity contribution in [3.05, 3.63) is 0 Å². The summed E-state index contributed by atoms with van der Waals surface area (Å²) in [6, 6.07) is -0.409. The molecule has 7 nitrogen and oxygen atoms in total. The number of alkyl carbamates (subject to hydrolysis) is 1. The van der Waals surface area contributed by atoms with Gasteiger partial charge in [-0.05, 0) is 38.5 Å². The Morgan fingerprint density at radius 3 is 2.22 bits per heavy atom. The summed E-state index contributed by atoms with van der Waals surface area (Å²) in [5, 5.41) is 7.70. The summed E-state index contributed by atoms with van der Waals surface area (Å²) in [6.07, 6.45) is 2.40. The van der Waals surface area contributed by atoms with Gasteiger partial charge >= 0.3 is 12.1 Å². The number of urea groups is 1. The molecule has 1 aliphatic carbocycles. The Kier molecular flexibility index (Phi) is 10.0. The van der Waals surface area contributed by atoms with Crippen LogP contribution in [-0.2, 0) is 9.53 Å². The van der Waals surface area contributed by atoms with Crippen molar-refractivity contribution in [1.82, 2.24) is 16.0 Å². The largest absolute Gasteiger partial charge is 0.450 e. The molecule has 0 aromatic carbocycles. The van der Waals surface area contributed by atoms with E-state index in [1.807, 2.05) is 27.7 Å². The fourth-order valence-electron chi connectivity index (χ4n) is 2.66. The second-order valence-electron chi connectivity index (χ2n) is 5.04. The molecule has 23 heavy (non-hydrogen) atoms.